The Morgan fingerprint density at radius 2 is 1.95 bits per heavy atom. The van der Waals surface area contributed by atoms with E-state index < -0.39 is 10.7 Å². The third kappa shape index (κ3) is 3.31. The van der Waals surface area contributed by atoms with Gasteiger partial charge in [0.2, 0.25) is 5.95 Å². The molecule has 0 amide bonds. The van der Waals surface area contributed by atoms with Crippen molar-refractivity contribution < 1.29 is 9.31 Å². The van der Waals surface area contributed by atoms with Gasteiger partial charge in [-0.25, -0.2) is 14.4 Å². The summed E-state index contributed by atoms with van der Waals surface area (Å²) in [5.41, 5.74) is 0.774. The summed E-state index contributed by atoms with van der Waals surface area (Å²) in [6.45, 7) is 4.22. The summed E-state index contributed by atoms with van der Waals surface area (Å²) in [6, 6.07) is 5.42. The van der Waals surface area contributed by atoms with E-state index in [-0.39, 0.29) is 17.1 Å². The number of hydrogen-bond donors (Lipinski definition) is 1. The van der Waals surface area contributed by atoms with Crippen molar-refractivity contribution in [3.8, 4) is 11.3 Å². The van der Waals surface area contributed by atoms with Crippen LogP contribution in [0.1, 0.15) is 19.0 Å². The molecule has 110 valence electrons. The molecule has 7 heteroatoms. The Bertz CT molecular complexity index is 659. The molecule has 1 heterocycles. The number of anilines is 1. The molecule has 0 unspecified atom stereocenters. The molecule has 0 atom stereocenters. The fraction of sp³-hybridized carbons (Fsp3) is 0.286. The van der Waals surface area contributed by atoms with Gasteiger partial charge in [-0.3, -0.25) is 10.1 Å². The summed E-state index contributed by atoms with van der Waals surface area (Å²) in [7, 11) is 0. The standard InChI is InChI=1S/C14H15FN4O2/c1-3-8-16-14-17-9(2)13(19(20)21)12(18-14)10-4-6-11(15)7-5-10/h4-7H,3,8H2,1-2H3,(H,16,17,18). The van der Waals surface area contributed by atoms with Gasteiger partial charge in [0.15, 0.2) is 5.69 Å². The van der Waals surface area contributed by atoms with Gasteiger partial charge in [-0.2, -0.15) is 0 Å². The van der Waals surface area contributed by atoms with Gasteiger partial charge in [-0.15, -0.1) is 0 Å². The van der Waals surface area contributed by atoms with E-state index in [1.165, 1.54) is 24.3 Å². The fourth-order valence-corrected chi connectivity index (χ4v) is 1.91. The topological polar surface area (TPSA) is 81.0 Å². The second kappa shape index (κ2) is 6.25. The van der Waals surface area contributed by atoms with Crippen molar-refractivity contribution in [2.45, 2.75) is 20.3 Å². The molecule has 0 aliphatic rings. The van der Waals surface area contributed by atoms with Gasteiger partial charge in [0.25, 0.3) is 0 Å². The van der Waals surface area contributed by atoms with Crippen molar-refractivity contribution in [2.24, 2.45) is 0 Å². The number of aryl methyl sites for hydroxylation is 1. The van der Waals surface area contributed by atoms with E-state index >= 15 is 0 Å². The molecule has 0 saturated heterocycles. The van der Waals surface area contributed by atoms with Crippen molar-refractivity contribution in [1.29, 1.82) is 0 Å². The molecule has 0 fully saturated rings. The Morgan fingerprint density at radius 3 is 2.52 bits per heavy atom. The molecule has 0 saturated carbocycles. The van der Waals surface area contributed by atoms with E-state index in [9.17, 15) is 14.5 Å². The normalized spacial score (nSPS) is 10.4. The number of halogens is 1. The van der Waals surface area contributed by atoms with E-state index in [1.807, 2.05) is 6.92 Å². The van der Waals surface area contributed by atoms with E-state index in [4.69, 9.17) is 0 Å². The summed E-state index contributed by atoms with van der Waals surface area (Å²) < 4.78 is 13.0. The molecule has 2 rings (SSSR count). The van der Waals surface area contributed by atoms with Crippen LogP contribution in [0.15, 0.2) is 24.3 Å². The van der Waals surface area contributed by atoms with Crippen LogP contribution in [0.4, 0.5) is 16.0 Å². The first kappa shape index (κ1) is 14.8. The third-order valence-electron chi connectivity index (χ3n) is 2.89. The molecule has 1 N–H and O–H groups in total. The van der Waals surface area contributed by atoms with Crippen molar-refractivity contribution in [1.82, 2.24) is 9.97 Å². The Balaban J connectivity index is 2.56. The largest absolute Gasteiger partial charge is 0.354 e. The predicted molar refractivity (Wildman–Crippen MR) is 77.6 cm³/mol. The monoisotopic (exact) mass is 290 g/mol. The average Bonchev–Trinajstić information content (AvgIpc) is 2.44. The summed E-state index contributed by atoms with van der Waals surface area (Å²) >= 11 is 0. The Hall–Kier alpha value is -2.57. The highest BCUT2D eigenvalue weighted by atomic mass is 19.1. The maximum Gasteiger partial charge on any atom is 0.316 e. The molecule has 2 aromatic rings. The highest BCUT2D eigenvalue weighted by Gasteiger charge is 2.23. The van der Waals surface area contributed by atoms with Crippen LogP contribution in [0.25, 0.3) is 11.3 Å². The molecule has 0 aliphatic carbocycles. The number of nitrogens with one attached hydrogen (secondary N) is 1. The van der Waals surface area contributed by atoms with Gasteiger partial charge in [0.05, 0.1) is 4.92 Å². The lowest BCUT2D eigenvalue weighted by Gasteiger charge is -2.09. The number of aromatic nitrogens is 2. The first-order valence-corrected chi connectivity index (χ1v) is 6.55. The van der Waals surface area contributed by atoms with Gasteiger partial charge in [-0.1, -0.05) is 6.92 Å². The van der Waals surface area contributed by atoms with Crippen molar-refractivity contribution in [3.63, 3.8) is 0 Å². The van der Waals surface area contributed by atoms with Crippen molar-refractivity contribution in [3.05, 3.63) is 45.9 Å². The van der Waals surface area contributed by atoms with Crippen LogP contribution in [0.2, 0.25) is 0 Å². The number of nitro groups is 1. The molecular formula is C14H15FN4O2. The minimum Gasteiger partial charge on any atom is -0.354 e. The zero-order valence-corrected chi connectivity index (χ0v) is 11.8. The summed E-state index contributed by atoms with van der Waals surface area (Å²) in [5.74, 6) is -0.0733. The summed E-state index contributed by atoms with van der Waals surface area (Å²) in [5, 5.41) is 14.2. The van der Waals surface area contributed by atoms with E-state index in [0.29, 0.717) is 18.1 Å². The van der Waals surface area contributed by atoms with Crippen LogP contribution >= 0.6 is 0 Å². The van der Waals surface area contributed by atoms with Crippen molar-refractivity contribution >= 4 is 11.6 Å². The predicted octanol–water partition coefficient (Wildman–Crippen LogP) is 3.32. The molecule has 0 aliphatic heterocycles. The minimum atomic E-state index is -0.516. The molecule has 21 heavy (non-hydrogen) atoms. The molecule has 0 radical (unpaired) electrons. The Morgan fingerprint density at radius 1 is 1.29 bits per heavy atom. The van der Waals surface area contributed by atoms with E-state index in [2.05, 4.69) is 15.3 Å². The molecule has 6 nitrogen and oxygen atoms in total. The zero-order valence-electron chi connectivity index (χ0n) is 11.8. The number of hydrogen-bond acceptors (Lipinski definition) is 5. The fourth-order valence-electron chi connectivity index (χ4n) is 1.91. The summed E-state index contributed by atoms with van der Waals surface area (Å²) in [6.07, 6.45) is 0.880. The molecule has 0 spiro atoms. The lowest BCUT2D eigenvalue weighted by molar-refractivity contribution is -0.385. The SMILES string of the molecule is CCCNc1nc(C)c([N+](=O)[O-])c(-c2ccc(F)cc2)n1. The minimum absolute atomic E-state index is 0.163. The second-order valence-corrected chi connectivity index (χ2v) is 4.52. The third-order valence-corrected chi connectivity index (χ3v) is 2.89. The first-order chi connectivity index (χ1) is 10.0. The Kier molecular flexibility index (Phi) is 4.42. The van der Waals surface area contributed by atoms with Crippen LogP contribution in [0.5, 0.6) is 0 Å². The van der Waals surface area contributed by atoms with Gasteiger partial charge in [-0.05, 0) is 37.6 Å². The summed E-state index contributed by atoms with van der Waals surface area (Å²) in [4.78, 5) is 19.0. The Labute approximate surface area is 121 Å². The zero-order chi connectivity index (χ0) is 15.4. The number of rotatable bonds is 5. The molecular weight excluding hydrogens is 275 g/mol. The average molecular weight is 290 g/mol. The van der Waals surface area contributed by atoms with Gasteiger partial charge >= 0.3 is 5.69 Å². The van der Waals surface area contributed by atoms with Crippen LogP contribution in [0.3, 0.4) is 0 Å². The highest BCUT2D eigenvalue weighted by molar-refractivity contribution is 5.71. The van der Waals surface area contributed by atoms with E-state index in [0.717, 1.165) is 6.42 Å². The van der Waals surface area contributed by atoms with E-state index in [1.54, 1.807) is 6.92 Å². The molecule has 0 bridgehead atoms. The lowest BCUT2D eigenvalue weighted by Crippen LogP contribution is -2.08. The molecule has 1 aromatic carbocycles. The second-order valence-electron chi connectivity index (χ2n) is 4.52. The highest BCUT2D eigenvalue weighted by Crippen LogP contribution is 2.31. The van der Waals surface area contributed by atoms with Gasteiger partial charge in [0, 0.05) is 12.1 Å². The quantitative estimate of drug-likeness (QED) is 0.674. The first-order valence-electron chi connectivity index (χ1n) is 6.55. The van der Waals surface area contributed by atoms with Crippen LogP contribution in [0, 0.1) is 22.9 Å². The number of nitrogens with zero attached hydrogens (tertiary/aromatic N) is 3. The van der Waals surface area contributed by atoms with Crippen LogP contribution in [-0.4, -0.2) is 21.4 Å². The van der Waals surface area contributed by atoms with Crippen LogP contribution < -0.4 is 5.32 Å². The number of benzene rings is 1. The smallest absolute Gasteiger partial charge is 0.316 e. The van der Waals surface area contributed by atoms with Crippen LogP contribution in [-0.2, 0) is 0 Å². The van der Waals surface area contributed by atoms with Gasteiger partial charge in [0.1, 0.15) is 11.5 Å². The maximum atomic E-state index is 13.0. The van der Waals surface area contributed by atoms with Gasteiger partial charge < -0.3 is 5.32 Å². The maximum absolute atomic E-state index is 13.0. The molecule has 1 aromatic heterocycles. The van der Waals surface area contributed by atoms with Crippen molar-refractivity contribution in [2.75, 3.05) is 11.9 Å². The lowest BCUT2D eigenvalue weighted by atomic mass is 10.1.